The summed E-state index contributed by atoms with van der Waals surface area (Å²) in [6.07, 6.45) is 2.88. The predicted octanol–water partition coefficient (Wildman–Crippen LogP) is 3.50. The van der Waals surface area contributed by atoms with E-state index in [9.17, 15) is 8.42 Å². The topological polar surface area (TPSA) is 58.4 Å². The van der Waals surface area contributed by atoms with Crippen molar-refractivity contribution in [2.24, 2.45) is 13.0 Å². The van der Waals surface area contributed by atoms with Crippen LogP contribution in [0.25, 0.3) is 0 Å². The minimum Gasteiger partial charge on any atom is -0.305 e. The molecule has 27 heavy (non-hydrogen) atoms. The van der Waals surface area contributed by atoms with Gasteiger partial charge in [0.15, 0.2) is 0 Å². The number of rotatable bonds is 8. The first-order valence-corrected chi connectivity index (χ1v) is 10.8. The summed E-state index contributed by atoms with van der Waals surface area (Å²) in [6.45, 7) is 4.71. The lowest BCUT2D eigenvalue weighted by atomic mass is 10.0. The van der Waals surface area contributed by atoms with Gasteiger partial charge in [0.25, 0.3) is 0 Å². The third-order valence-electron chi connectivity index (χ3n) is 4.49. The molecule has 0 N–H and O–H groups in total. The number of sulfonamides is 1. The second kappa shape index (κ2) is 8.92. The van der Waals surface area contributed by atoms with E-state index in [1.165, 1.54) is 21.4 Å². The zero-order chi connectivity index (χ0) is 20.4. The molecule has 2 rings (SSSR count). The van der Waals surface area contributed by atoms with Gasteiger partial charge in [0.05, 0.1) is 16.2 Å². The zero-order valence-corrected chi connectivity index (χ0v) is 18.6. The lowest BCUT2D eigenvalue weighted by Gasteiger charge is -2.33. The van der Waals surface area contributed by atoms with Gasteiger partial charge in [0.2, 0.25) is 10.0 Å². The monoisotopic (exact) mass is 432 g/mol. The van der Waals surface area contributed by atoms with Crippen molar-refractivity contribution >= 4 is 33.2 Å². The fourth-order valence-electron chi connectivity index (χ4n) is 2.95. The van der Waals surface area contributed by atoms with Gasteiger partial charge in [0, 0.05) is 32.4 Å². The SMILES string of the molecule is CC(C)[C@H](CN(Cc1ccc(Cl)c(Cl)c1)S(=O)(=O)c1cnn(C)c1)N(C)C. The number of hydrogen-bond acceptors (Lipinski definition) is 4. The maximum absolute atomic E-state index is 13.3. The van der Waals surface area contributed by atoms with E-state index in [-0.39, 0.29) is 23.4 Å². The van der Waals surface area contributed by atoms with Gasteiger partial charge in [-0.05, 0) is 37.7 Å². The molecule has 0 amide bonds. The summed E-state index contributed by atoms with van der Waals surface area (Å²) in [4.78, 5) is 2.22. The highest BCUT2D eigenvalue weighted by atomic mass is 35.5. The second-order valence-corrected chi connectivity index (χ2v) is 9.92. The Bertz CT molecular complexity index is 873. The first-order chi connectivity index (χ1) is 12.5. The highest BCUT2D eigenvalue weighted by Gasteiger charge is 2.30. The fraction of sp³-hybridized carbons (Fsp3) is 0.500. The number of likely N-dealkylation sites (N-methyl/N-ethyl adjacent to an activating group) is 1. The molecule has 1 aromatic carbocycles. The Balaban J connectivity index is 2.42. The molecule has 0 aliphatic rings. The van der Waals surface area contributed by atoms with E-state index in [0.29, 0.717) is 16.6 Å². The average molecular weight is 433 g/mol. The molecule has 150 valence electrons. The van der Waals surface area contributed by atoms with Crippen molar-refractivity contribution in [2.45, 2.75) is 31.3 Å². The molecular weight excluding hydrogens is 407 g/mol. The average Bonchev–Trinajstić information content (AvgIpc) is 3.01. The van der Waals surface area contributed by atoms with Crippen LogP contribution in [0.15, 0.2) is 35.5 Å². The summed E-state index contributed by atoms with van der Waals surface area (Å²) in [5, 5.41) is 4.85. The van der Waals surface area contributed by atoms with Crippen LogP contribution in [0, 0.1) is 5.92 Å². The maximum atomic E-state index is 13.3. The highest BCUT2D eigenvalue weighted by molar-refractivity contribution is 7.89. The Kier molecular flexibility index (Phi) is 7.33. The molecular formula is C18H26Cl2N4O2S. The molecule has 0 fully saturated rings. The van der Waals surface area contributed by atoms with Gasteiger partial charge in [-0.3, -0.25) is 4.68 Å². The van der Waals surface area contributed by atoms with Crippen LogP contribution in [0.5, 0.6) is 0 Å². The fourth-order valence-corrected chi connectivity index (χ4v) is 4.70. The lowest BCUT2D eigenvalue weighted by molar-refractivity contribution is 0.190. The van der Waals surface area contributed by atoms with Crippen molar-refractivity contribution in [2.75, 3.05) is 20.6 Å². The highest BCUT2D eigenvalue weighted by Crippen LogP contribution is 2.26. The molecule has 0 radical (unpaired) electrons. The largest absolute Gasteiger partial charge is 0.305 e. The van der Waals surface area contributed by atoms with Crippen LogP contribution in [0.4, 0.5) is 0 Å². The minimum absolute atomic E-state index is 0.0548. The summed E-state index contributed by atoms with van der Waals surface area (Å²) in [7, 11) is 1.89. The normalized spacial score (nSPS) is 13.7. The maximum Gasteiger partial charge on any atom is 0.246 e. The van der Waals surface area contributed by atoms with Gasteiger partial charge in [-0.25, -0.2) is 8.42 Å². The molecule has 1 aromatic heterocycles. The first kappa shape index (κ1) is 22.2. The van der Waals surface area contributed by atoms with E-state index in [4.69, 9.17) is 23.2 Å². The molecule has 0 aliphatic heterocycles. The lowest BCUT2D eigenvalue weighted by Crippen LogP contribution is -2.45. The van der Waals surface area contributed by atoms with Gasteiger partial charge in [-0.15, -0.1) is 0 Å². The summed E-state index contributed by atoms with van der Waals surface area (Å²) in [5.41, 5.74) is 0.776. The molecule has 0 spiro atoms. The van der Waals surface area contributed by atoms with Gasteiger partial charge < -0.3 is 4.90 Å². The van der Waals surface area contributed by atoms with Crippen molar-refractivity contribution in [3.8, 4) is 0 Å². The summed E-state index contributed by atoms with van der Waals surface area (Å²) >= 11 is 12.1. The van der Waals surface area contributed by atoms with Gasteiger partial charge in [-0.2, -0.15) is 9.40 Å². The molecule has 9 heteroatoms. The Morgan fingerprint density at radius 2 is 1.85 bits per heavy atom. The minimum atomic E-state index is -3.72. The quantitative estimate of drug-likeness (QED) is 0.640. The van der Waals surface area contributed by atoms with E-state index in [1.54, 1.807) is 25.2 Å². The predicted molar refractivity (Wildman–Crippen MR) is 110 cm³/mol. The van der Waals surface area contributed by atoms with Crippen LogP contribution in [0.1, 0.15) is 19.4 Å². The van der Waals surface area contributed by atoms with Crippen LogP contribution in [0.3, 0.4) is 0 Å². The van der Waals surface area contributed by atoms with Crippen molar-refractivity contribution in [3.05, 3.63) is 46.2 Å². The summed E-state index contributed by atoms with van der Waals surface area (Å²) < 4.78 is 29.5. The molecule has 6 nitrogen and oxygen atoms in total. The number of hydrogen-bond donors (Lipinski definition) is 0. The Morgan fingerprint density at radius 1 is 1.19 bits per heavy atom. The molecule has 0 saturated carbocycles. The van der Waals surface area contributed by atoms with Gasteiger partial charge in [0.1, 0.15) is 4.90 Å². The van der Waals surface area contributed by atoms with Crippen molar-refractivity contribution in [3.63, 3.8) is 0 Å². The summed E-state index contributed by atoms with van der Waals surface area (Å²) in [6, 6.07) is 5.23. The Hall–Kier alpha value is -1.12. The smallest absolute Gasteiger partial charge is 0.246 e. The van der Waals surface area contributed by atoms with E-state index >= 15 is 0 Å². The van der Waals surface area contributed by atoms with E-state index in [1.807, 2.05) is 19.0 Å². The van der Waals surface area contributed by atoms with E-state index < -0.39 is 10.0 Å². The van der Waals surface area contributed by atoms with Crippen LogP contribution in [-0.4, -0.2) is 54.1 Å². The van der Waals surface area contributed by atoms with Crippen LogP contribution in [0.2, 0.25) is 10.0 Å². The van der Waals surface area contributed by atoms with Crippen LogP contribution in [-0.2, 0) is 23.6 Å². The molecule has 0 aliphatic carbocycles. The van der Waals surface area contributed by atoms with Gasteiger partial charge in [-0.1, -0.05) is 43.1 Å². The third kappa shape index (κ3) is 5.45. The number of halogens is 2. The molecule has 1 atom stereocenters. The van der Waals surface area contributed by atoms with Crippen molar-refractivity contribution in [1.82, 2.24) is 19.0 Å². The first-order valence-electron chi connectivity index (χ1n) is 8.61. The molecule has 0 bridgehead atoms. The molecule has 0 saturated heterocycles. The standard InChI is InChI=1S/C18H26Cl2N4O2S/c1-13(2)18(22(3)4)12-24(10-14-6-7-16(19)17(20)8-14)27(25,26)15-9-21-23(5)11-15/h6-9,11,13,18H,10,12H2,1-5H3/t18-/m0/s1. The van der Waals surface area contributed by atoms with Crippen LogP contribution >= 0.6 is 23.2 Å². The number of aryl methyl sites for hydroxylation is 1. The number of aromatic nitrogens is 2. The van der Waals surface area contributed by atoms with Crippen LogP contribution < -0.4 is 0 Å². The van der Waals surface area contributed by atoms with Crippen molar-refractivity contribution < 1.29 is 8.42 Å². The zero-order valence-electron chi connectivity index (χ0n) is 16.2. The van der Waals surface area contributed by atoms with Crippen molar-refractivity contribution in [1.29, 1.82) is 0 Å². The molecule has 2 aromatic rings. The third-order valence-corrected chi connectivity index (χ3v) is 6.99. The number of benzene rings is 1. The molecule has 1 heterocycles. The molecule has 0 unspecified atom stereocenters. The van der Waals surface area contributed by atoms with E-state index in [0.717, 1.165) is 5.56 Å². The number of nitrogens with zero attached hydrogens (tertiary/aromatic N) is 4. The Labute approximate surface area is 171 Å². The summed E-state index contributed by atoms with van der Waals surface area (Å²) in [5.74, 6) is 0.278. The van der Waals surface area contributed by atoms with Gasteiger partial charge >= 0.3 is 0 Å². The second-order valence-electron chi connectivity index (χ2n) is 7.17. The van der Waals surface area contributed by atoms with E-state index in [2.05, 4.69) is 18.9 Å². The Morgan fingerprint density at radius 3 is 2.33 bits per heavy atom.